The Morgan fingerprint density at radius 2 is 1.72 bits per heavy atom. The molecule has 1 aromatic rings. The number of carbonyl (C=O) groups is 1. The van der Waals surface area contributed by atoms with Crippen LogP contribution in [0.15, 0.2) is 23.1 Å². The summed E-state index contributed by atoms with van der Waals surface area (Å²) in [7, 11) is -3.44. The van der Waals surface area contributed by atoms with E-state index in [9.17, 15) is 13.2 Å². The summed E-state index contributed by atoms with van der Waals surface area (Å²) in [5, 5.41) is 0.416. The van der Waals surface area contributed by atoms with Gasteiger partial charge in [0.15, 0.2) is 9.84 Å². The number of nitrogens with zero attached hydrogens (tertiary/aromatic N) is 1. The van der Waals surface area contributed by atoms with E-state index in [-0.39, 0.29) is 16.9 Å². The van der Waals surface area contributed by atoms with Crippen LogP contribution in [0.4, 0.5) is 4.79 Å². The van der Waals surface area contributed by atoms with Gasteiger partial charge >= 0.3 is 6.09 Å². The normalized spacial score (nSPS) is 16.5. The fourth-order valence-corrected chi connectivity index (χ4v) is 4.14. The lowest BCUT2D eigenvalue weighted by molar-refractivity contribution is 0.00819. The van der Waals surface area contributed by atoms with Crippen LogP contribution in [0, 0.1) is 0 Å². The van der Waals surface area contributed by atoms with Gasteiger partial charge in [-0.15, -0.1) is 0 Å². The number of carbonyl (C=O) groups excluding carboxylic acids is 1. The minimum atomic E-state index is -3.44. The van der Waals surface area contributed by atoms with E-state index in [4.69, 9.17) is 16.3 Å². The second kappa shape index (κ2) is 6.47. The predicted molar refractivity (Wildman–Crippen MR) is 98.9 cm³/mol. The number of halogens is 1. The molecule has 1 aliphatic heterocycles. The first-order valence-corrected chi connectivity index (χ1v) is 10.1. The second-order valence-electron chi connectivity index (χ2n) is 8.38. The minimum Gasteiger partial charge on any atom is -0.444 e. The third-order valence-corrected chi connectivity index (χ3v) is 6.88. The highest BCUT2D eigenvalue weighted by molar-refractivity contribution is 7.92. The molecule has 0 radical (unpaired) electrons. The number of sulfone groups is 1. The van der Waals surface area contributed by atoms with Crippen LogP contribution >= 0.6 is 11.6 Å². The minimum absolute atomic E-state index is 0.0893. The van der Waals surface area contributed by atoms with E-state index in [1.54, 1.807) is 37.8 Å². The summed E-state index contributed by atoms with van der Waals surface area (Å²) in [5.41, 5.74) is 0.331. The molecule has 0 aliphatic carbocycles. The van der Waals surface area contributed by atoms with Crippen molar-refractivity contribution in [1.29, 1.82) is 0 Å². The Labute approximate surface area is 155 Å². The van der Waals surface area contributed by atoms with Gasteiger partial charge in [0.25, 0.3) is 0 Å². The van der Waals surface area contributed by atoms with Crippen LogP contribution in [-0.4, -0.2) is 42.8 Å². The molecule has 25 heavy (non-hydrogen) atoms. The Hall–Kier alpha value is -1.27. The molecule has 140 valence electrons. The summed E-state index contributed by atoms with van der Waals surface area (Å²) >= 11 is 6.33. The van der Waals surface area contributed by atoms with Crippen LogP contribution < -0.4 is 0 Å². The number of rotatable bonds is 2. The third-order valence-electron chi connectivity index (χ3n) is 4.06. The lowest BCUT2D eigenvalue weighted by Gasteiger charge is -2.40. The van der Waals surface area contributed by atoms with Crippen LogP contribution in [-0.2, 0) is 14.6 Å². The molecule has 1 saturated heterocycles. The third kappa shape index (κ3) is 4.29. The summed E-state index contributed by atoms with van der Waals surface area (Å²) < 4.78 is 29.5. The molecule has 0 saturated carbocycles. The molecule has 1 amide bonds. The largest absolute Gasteiger partial charge is 0.444 e. The predicted octanol–water partition coefficient (Wildman–Crippen LogP) is 4.25. The van der Waals surface area contributed by atoms with Gasteiger partial charge in [0, 0.05) is 24.0 Å². The highest BCUT2D eigenvalue weighted by atomic mass is 35.5. The smallest absolute Gasteiger partial charge is 0.410 e. The van der Waals surface area contributed by atoms with E-state index in [0.717, 1.165) is 5.56 Å². The number of benzene rings is 1. The molecule has 1 fully saturated rings. The second-order valence-corrected chi connectivity index (χ2v) is 11.5. The fraction of sp³-hybridized carbons (Fsp3) is 0.611. The van der Waals surface area contributed by atoms with Crippen molar-refractivity contribution in [3.63, 3.8) is 0 Å². The highest BCUT2D eigenvalue weighted by Crippen LogP contribution is 2.35. The monoisotopic (exact) mass is 387 g/mol. The molecule has 0 aromatic heterocycles. The average Bonchev–Trinajstić information content (AvgIpc) is 2.35. The van der Waals surface area contributed by atoms with E-state index in [1.807, 2.05) is 20.8 Å². The Morgan fingerprint density at radius 1 is 1.16 bits per heavy atom. The molecule has 0 unspecified atom stereocenters. The zero-order valence-electron chi connectivity index (χ0n) is 15.6. The SMILES string of the molecule is CC(C)(C)OC(=O)N1CC(c2ccc(S(=O)(=O)C(C)(C)C)cc2Cl)C1. The molecule has 0 atom stereocenters. The van der Waals surface area contributed by atoms with E-state index in [2.05, 4.69) is 0 Å². The number of amides is 1. The lowest BCUT2D eigenvalue weighted by atomic mass is 9.92. The molecule has 1 heterocycles. The molecule has 0 spiro atoms. The zero-order chi connectivity index (χ0) is 19.2. The van der Waals surface area contributed by atoms with Crippen molar-refractivity contribution in [2.45, 2.75) is 62.7 Å². The zero-order valence-corrected chi connectivity index (χ0v) is 17.2. The molecule has 1 aliphatic rings. The van der Waals surface area contributed by atoms with Gasteiger partial charge in [0.05, 0.1) is 9.64 Å². The highest BCUT2D eigenvalue weighted by Gasteiger charge is 2.36. The Bertz CT molecular complexity index is 769. The van der Waals surface area contributed by atoms with Crippen molar-refractivity contribution < 1.29 is 17.9 Å². The lowest BCUT2D eigenvalue weighted by Crippen LogP contribution is -2.50. The van der Waals surface area contributed by atoms with Crippen molar-refractivity contribution in [3.8, 4) is 0 Å². The van der Waals surface area contributed by atoms with Crippen LogP contribution in [0.2, 0.25) is 5.02 Å². The molecular formula is C18H26ClNO4S. The van der Waals surface area contributed by atoms with Crippen LogP contribution in [0.1, 0.15) is 53.0 Å². The van der Waals surface area contributed by atoms with Crippen LogP contribution in [0.5, 0.6) is 0 Å². The molecule has 0 bridgehead atoms. The first-order valence-electron chi connectivity index (χ1n) is 8.24. The average molecular weight is 388 g/mol. The Balaban J connectivity index is 2.11. The summed E-state index contributed by atoms with van der Waals surface area (Å²) in [4.78, 5) is 13.8. The summed E-state index contributed by atoms with van der Waals surface area (Å²) in [6.07, 6.45) is -0.341. The number of hydrogen-bond donors (Lipinski definition) is 0. The van der Waals surface area contributed by atoms with E-state index < -0.39 is 20.2 Å². The van der Waals surface area contributed by atoms with Gasteiger partial charge in [-0.1, -0.05) is 17.7 Å². The van der Waals surface area contributed by atoms with E-state index in [0.29, 0.717) is 18.1 Å². The van der Waals surface area contributed by atoms with Gasteiger partial charge in [-0.05, 0) is 59.2 Å². The standard InChI is InChI=1S/C18H26ClNO4S/c1-17(2,3)24-16(21)20-10-12(11-20)14-8-7-13(9-15(14)19)25(22,23)18(4,5)6/h7-9,12H,10-11H2,1-6H3. The van der Waals surface area contributed by atoms with Crippen molar-refractivity contribution in [3.05, 3.63) is 28.8 Å². The molecule has 1 aromatic carbocycles. The van der Waals surface area contributed by atoms with Crippen LogP contribution in [0.25, 0.3) is 0 Å². The van der Waals surface area contributed by atoms with Gasteiger partial charge < -0.3 is 9.64 Å². The van der Waals surface area contributed by atoms with Gasteiger partial charge in [0.2, 0.25) is 0 Å². The topological polar surface area (TPSA) is 63.7 Å². The quantitative estimate of drug-likeness (QED) is 0.761. The van der Waals surface area contributed by atoms with E-state index in [1.165, 1.54) is 6.07 Å². The van der Waals surface area contributed by atoms with Gasteiger partial charge in [-0.3, -0.25) is 0 Å². The molecule has 5 nitrogen and oxygen atoms in total. The first kappa shape index (κ1) is 20.0. The van der Waals surface area contributed by atoms with Crippen LogP contribution in [0.3, 0.4) is 0 Å². The van der Waals surface area contributed by atoms with Crippen molar-refractivity contribution in [2.24, 2.45) is 0 Å². The molecule has 2 rings (SSSR count). The number of ether oxygens (including phenoxy) is 1. The number of hydrogen-bond acceptors (Lipinski definition) is 4. The maximum absolute atomic E-state index is 12.5. The maximum Gasteiger partial charge on any atom is 0.410 e. The van der Waals surface area contributed by atoms with Gasteiger partial charge in [0.1, 0.15) is 5.60 Å². The first-order chi connectivity index (χ1) is 11.2. The molecule has 0 N–H and O–H groups in total. The van der Waals surface area contributed by atoms with Crippen molar-refractivity contribution >= 4 is 27.5 Å². The number of likely N-dealkylation sites (tertiary alicyclic amines) is 1. The fourth-order valence-electron chi connectivity index (χ4n) is 2.51. The molecular weight excluding hydrogens is 362 g/mol. The van der Waals surface area contributed by atoms with E-state index >= 15 is 0 Å². The summed E-state index contributed by atoms with van der Waals surface area (Å²) in [5.74, 6) is 0.0893. The van der Waals surface area contributed by atoms with Crippen molar-refractivity contribution in [1.82, 2.24) is 4.90 Å². The van der Waals surface area contributed by atoms with Gasteiger partial charge in [-0.2, -0.15) is 0 Å². The Kier molecular flexibility index (Phi) is 5.19. The summed E-state index contributed by atoms with van der Waals surface area (Å²) in [6.45, 7) is 11.5. The Morgan fingerprint density at radius 3 is 2.16 bits per heavy atom. The maximum atomic E-state index is 12.5. The van der Waals surface area contributed by atoms with Crippen molar-refractivity contribution in [2.75, 3.05) is 13.1 Å². The molecule has 7 heteroatoms. The summed E-state index contributed by atoms with van der Waals surface area (Å²) in [6, 6.07) is 4.85. The van der Waals surface area contributed by atoms with Gasteiger partial charge in [-0.25, -0.2) is 13.2 Å².